The fourth-order valence-electron chi connectivity index (χ4n) is 1.86. The number of alkyl halides is 1. The molecule has 1 aromatic rings. The van der Waals surface area contributed by atoms with Gasteiger partial charge in [0, 0.05) is 11.1 Å². The number of halogens is 1. The predicted molar refractivity (Wildman–Crippen MR) is 83.2 cm³/mol. The molecule has 20 heavy (non-hydrogen) atoms. The van der Waals surface area contributed by atoms with Crippen LogP contribution < -0.4 is 0 Å². The molecule has 0 saturated heterocycles. The molecular weight excluding hydrogens is 342 g/mol. The van der Waals surface area contributed by atoms with Gasteiger partial charge in [-0.05, 0) is 27.2 Å². The van der Waals surface area contributed by atoms with Crippen LogP contribution in [0.25, 0.3) is 0 Å². The average Bonchev–Trinajstić information content (AvgIpc) is 2.84. The SMILES string of the molecule is CC(C)(C)OC(=O)N1Cc2nc(SCCCBr)[nH]c2C1. The number of ether oxygens (including phenoxy) is 1. The topological polar surface area (TPSA) is 58.2 Å². The van der Waals surface area contributed by atoms with Gasteiger partial charge in [-0.25, -0.2) is 9.78 Å². The summed E-state index contributed by atoms with van der Waals surface area (Å²) in [6.45, 7) is 6.70. The summed E-state index contributed by atoms with van der Waals surface area (Å²) in [5, 5.41) is 1.95. The number of nitrogens with zero attached hydrogens (tertiary/aromatic N) is 2. The molecule has 1 aromatic heterocycles. The molecule has 0 fully saturated rings. The van der Waals surface area contributed by atoms with Crippen LogP contribution in [0.15, 0.2) is 5.16 Å². The van der Waals surface area contributed by atoms with Crippen LogP contribution in [0.2, 0.25) is 0 Å². The quantitative estimate of drug-likeness (QED) is 0.506. The summed E-state index contributed by atoms with van der Waals surface area (Å²) in [5.41, 5.74) is 1.52. The Labute approximate surface area is 132 Å². The minimum atomic E-state index is -0.461. The normalized spacial score (nSPS) is 14.5. The molecule has 0 bridgehead atoms. The van der Waals surface area contributed by atoms with Crippen LogP contribution in [0.3, 0.4) is 0 Å². The van der Waals surface area contributed by atoms with Gasteiger partial charge in [-0.15, -0.1) is 0 Å². The molecule has 0 aromatic carbocycles. The Morgan fingerprint density at radius 1 is 1.50 bits per heavy atom. The van der Waals surface area contributed by atoms with Crippen molar-refractivity contribution in [3.8, 4) is 0 Å². The van der Waals surface area contributed by atoms with E-state index in [9.17, 15) is 4.79 Å². The molecule has 112 valence electrons. The van der Waals surface area contributed by atoms with Crippen LogP contribution in [0, 0.1) is 0 Å². The molecule has 1 amide bonds. The van der Waals surface area contributed by atoms with Crippen LogP contribution >= 0.6 is 27.7 Å². The Hall–Kier alpha value is -0.690. The highest BCUT2D eigenvalue weighted by Gasteiger charge is 2.30. The first-order valence-electron chi connectivity index (χ1n) is 6.63. The minimum absolute atomic E-state index is 0.280. The lowest BCUT2D eigenvalue weighted by atomic mass is 10.2. The third-order valence-corrected chi connectivity index (χ3v) is 4.22. The second kappa shape index (κ2) is 6.39. The monoisotopic (exact) mass is 361 g/mol. The van der Waals surface area contributed by atoms with E-state index in [2.05, 4.69) is 25.9 Å². The van der Waals surface area contributed by atoms with E-state index < -0.39 is 5.60 Å². The Kier molecular flexibility index (Phi) is 5.01. The lowest BCUT2D eigenvalue weighted by molar-refractivity contribution is 0.0238. The lowest BCUT2D eigenvalue weighted by Gasteiger charge is -2.24. The molecule has 0 saturated carbocycles. The van der Waals surface area contributed by atoms with Crippen molar-refractivity contribution in [3.05, 3.63) is 11.4 Å². The number of rotatable bonds is 4. The molecule has 0 aliphatic carbocycles. The van der Waals surface area contributed by atoms with Crippen molar-refractivity contribution in [2.45, 2.75) is 51.0 Å². The summed E-state index contributed by atoms with van der Waals surface area (Å²) < 4.78 is 5.37. The third-order valence-electron chi connectivity index (χ3n) is 2.70. The smallest absolute Gasteiger partial charge is 0.410 e. The second-order valence-electron chi connectivity index (χ2n) is 5.69. The van der Waals surface area contributed by atoms with E-state index in [0.717, 1.165) is 34.0 Å². The van der Waals surface area contributed by atoms with Crippen molar-refractivity contribution in [1.82, 2.24) is 14.9 Å². The van der Waals surface area contributed by atoms with E-state index in [1.807, 2.05) is 20.8 Å². The van der Waals surface area contributed by atoms with Crippen molar-refractivity contribution in [2.24, 2.45) is 0 Å². The molecule has 1 aliphatic rings. The maximum atomic E-state index is 12.0. The number of fused-ring (bicyclic) bond motifs is 1. The highest BCUT2D eigenvalue weighted by molar-refractivity contribution is 9.09. The lowest BCUT2D eigenvalue weighted by Crippen LogP contribution is -2.33. The van der Waals surface area contributed by atoms with E-state index in [1.165, 1.54) is 0 Å². The molecule has 0 radical (unpaired) electrons. The maximum absolute atomic E-state index is 12.0. The maximum Gasteiger partial charge on any atom is 0.410 e. The molecule has 0 unspecified atom stereocenters. The van der Waals surface area contributed by atoms with Crippen LogP contribution in [-0.2, 0) is 17.8 Å². The molecule has 0 atom stereocenters. The molecule has 1 aliphatic heterocycles. The van der Waals surface area contributed by atoms with E-state index in [0.29, 0.717) is 13.1 Å². The summed E-state index contributed by atoms with van der Waals surface area (Å²) in [7, 11) is 0. The fourth-order valence-corrected chi connectivity index (χ4v) is 3.36. The number of nitrogens with one attached hydrogen (secondary N) is 1. The molecule has 2 rings (SSSR count). The molecule has 1 N–H and O–H groups in total. The zero-order valence-corrected chi connectivity index (χ0v) is 14.4. The van der Waals surface area contributed by atoms with Crippen molar-refractivity contribution in [3.63, 3.8) is 0 Å². The Balaban J connectivity index is 1.89. The van der Waals surface area contributed by atoms with E-state index in [-0.39, 0.29) is 6.09 Å². The highest BCUT2D eigenvalue weighted by Crippen LogP contribution is 2.26. The standard InChI is InChI=1S/C13H20BrN3O2S/c1-13(2,3)19-12(18)17-7-9-10(8-17)16-11(15-9)20-6-4-5-14/h4-8H2,1-3H3,(H,15,16). The number of aromatic amines is 1. The zero-order chi connectivity index (χ0) is 14.8. The first-order valence-corrected chi connectivity index (χ1v) is 8.74. The Morgan fingerprint density at radius 2 is 2.25 bits per heavy atom. The van der Waals surface area contributed by atoms with Crippen molar-refractivity contribution in [1.29, 1.82) is 0 Å². The van der Waals surface area contributed by atoms with Gasteiger partial charge in [-0.3, -0.25) is 4.90 Å². The van der Waals surface area contributed by atoms with Gasteiger partial charge in [0.15, 0.2) is 5.16 Å². The van der Waals surface area contributed by atoms with Gasteiger partial charge in [-0.1, -0.05) is 27.7 Å². The number of thioether (sulfide) groups is 1. The van der Waals surface area contributed by atoms with Gasteiger partial charge >= 0.3 is 6.09 Å². The second-order valence-corrected chi connectivity index (χ2v) is 7.57. The van der Waals surface area contributed by atoms with Gasteiger partial charge in [0.05, 0.1) is 24.5 Å². The molecular formula is C13H20BrN3O2S. The number of imidazole rings is 1. The van der Waals surface area contributed by atoms with Crippen LogP contribution in [0.4, 0.5) is 4.79 Å². The van der Waals surface area contributed by atoms with E-state index in [1.54, 1.807) is 16.7 Å². The fraction of sp³-hybridized carbons (Fsp3) is 0.692. The Bertz CT molecular complexity index is 461. The Morgan fingerprint density at radius 3 is 2.85 bits per heavy atom. The summed E-state index contributed by atoms with van der Waals surface area (Å²) >= 11 is 5.13. The number of aromatic nitrogens is 2. The first-order chi connectivity index (χ1) is 9.39. The minimum Gasteiger partial charge on any atom is -0.444 e. The first kappa shape index (κ1) is 15.7. The molecule has 7 heteroatoms. The van der Waals surface area contributed by atoms with Crippen LogP contribution in [0.5, 0.6) is 0 Å². The van der Waals surface area contributed by atoms with Gasteiger partial charge in [-0.2, -0.15) is 0 Å². The van der Waals surface area contributed by atoms with Gasteiger partial charge < -0.3 is 9.72 Å². The van der Waals surface area contributed by atoms with E-state index in [4.69, 9.17) is 4.74 Å². The van der Waals surface area contributed by atoms with Gasteiger partial charge in [0.2, 0.25) is 0 Å². The number of amides is 1. The number of hydrogen-bond acceptors (Lipinski definition) is 4. The average molecular weight is 362 g/mol. The van der Waals surface area contributed by atoms with Crippen molar-refractivity contribution < 1.29 is 9.53 Å². The number of carbonyl (C=O) groups excluding carboxylic acids is 1. The molecule has 2 heterocycles. The summed E-state index contributed by atoms with van der Waals surface area (Å²) in [5.74, 6) is 1.04. The summed E-state index contributed by atoms with van der Waals surface area (Å²) in [6, 6.07) is 0. The van der Waals surface area contributed by atoms with Crippen molar-refractivity contribution >= 4 is 33.8 Å². The van der Waals surface area contributed by atoms with Crippen molar-refractivity contribution in [2.75, 3.05) is 11.1 Å². The predicted octanol–water partition coefficient (Wildman–Crippen LogP) is 3.54. The number of carbonyl (C=O) groups is 1. The number of hydrogen-bond donors (Lipinski definition) is 1. The summed E-state index contributed by atoms with van der Waals surface area (Å²) in [4.78, 5) is 21.5. The van der Waals surface area contributed by atoms with Crippen LogP contribution in [-0.4, -0.2) is 37.6 Å². The zero-order valence-electron chi connectivity index (χ0n) is 12.0. The van der Waals surface area contributed by atoms with E-state index >= 15 is 0 Å². The largest absolute Gasteiger partial charge is 0.444 e. The van der Waals surface area contributed by atoms with Crippen LogP contribution in [0.1, 0.15) is 38.6 Å². The molecule has 0 spiro atoms. The third kappa shape index (κ3) is 4.15. The highest BCUT2D eigenvalue weighted by atomic mass is 79.9. The number of H-pyrrole nitrogens is 1. The van der Waals surface area contributed by atoms with Gasteiger partial charge in [0.1, 0.15) is 5.60 Å². The molecule has 5 nitrogen and oxygen atoms in total. The van der Waals surface area contributed by atoms with Gasteiger partial charge in [0.25, 0.3) is 0 Å². The summed E-state index contributed by atoms with van der Waals surface area (Å²) in [6.07, 6.45) is 0.831.